The van der Waals surface area contributed by atoms with Gasteiger partial charge < -0.3 is 10.1 Å². The first-order valence-electron chi connectivity index (χ1n) is 9.75. The molecule has 30 heavy (non-hydrogen) atoms. The lowest BCUT2D eigenvalue weighted by molar-refractivity contribution is -0.120. The molecule has 1 aliphatic heterocycles. The quantitative estimate of drug-likeness (QED) is 0.461. The second-order valence-electron chi connectivity index (χ2n) is 6.98. The van der Waals surface area contributed by atoms with E-state index in [1.807, 2.05) is 24.3 Å². The number of nitrogens with zero attached hydrogens (tertiary/aromatic N) is 2. The van der Waals surface area contributed by atoms with E-state index in [1.54, 1.807) is 23.0 Å². The van der Waals surface area contributed by atoms with Gasteiger partial charge in [-0.15, -0.1) is 0 Å². The van der Waals surface area contributed by atoms with E-state index in [0.717, 1.165) is 24.3 Å². The predicted molar refractivity (Wildman–Crippen MR) is 109 cm³/mol. The highest BCUT2D eigenvalue weighted by Gasteiger charge is 2.34. The number of hydrogen-bond donors (Lipinski definition) is 2. The molecule has 1 saturated heterocycles. The Kier molecular flexibility index (Phi) is 5.47. The van der Waals surface area contributed by atoms with Crippen LogP contribution in [-0.2, 0) is 4.79 Å². The first-order valence-corrected chi connectivity index (χ1v) is 9.75. The summed E-state index contributed by atoms with van der Waals surface area (Å²) < 4.78 is 20.7. The maximum absolute atomic E-state index is 13.4. The van der Waals surface area contributed by atoms with Crippen molar-refractivity contribution in [3.05, 3.63) is 66.1 Å². The normalized spacial score (nSPS) is 15.7. The second-order valence-corrected chi connectivity index (χ2v) is 6.98. The maximum Gasteiger partial charge on any atom is 0.322 e. The van der Waals surface area contributed by atoms with Crippen molar-refractivity contribution < 1.29 is 18.7 Å². The number of imide groups is 1. The van der Waals surface area contributed by atoms with Gasteiger partial charge in [-0.3, -0.25) is 10.1 Å². The lowest BCUT2D eigenvalue weighted by Gasteiger charge is -2.07. The highest BCUT2D eigenvalue weighted by atomic mass is 19.1. The third-order valence-electron chi connectivity index (χ3n) is 4.81. The number of rotatable bonds is 7. The molecule has 1 fully saturated rings. The van der Waals surface area contributed by atoms with Gasteiger partial charge in [-0.05, 0) is 55.0 Å². The van der Waals surface area contributed by atoms with E-state index in [9.17, 15) is 14.0 Å². The lowest BCUT2D eigenvalue weighted by Crippen LogP contribution is -2.22. The van der Waals surface area contributed by atoms with Crippen molar-refractivity contribution in [2.24, 2.45) is 0 Å². The number of carbonyl (C=O) groups excluding carboxylic acids is 2. The molecule has 1 aromatic heterocycles. The molecular weight excluding hydrogens is 387 g/mol. The zero-order valence-electron chi connectivity index (χ0n) is 16.4. The molecular formula is C22H21FN4O3. The van der Waals surface area contributed by atoms with E-state index in [-0.39, 0.29) is 5.82 Å². The molecule has 3 aromatic rings. The number of aromatic nitrogens is 2. The van der Waals surface area contributed by atoms with Crippen molar-refractivity contribution in [1.29, 1.82) is 0 Å². The highest BCUT2D eigenvalue weighted by molar-refractivity contribution is 6.05. The summed E-state index contributed by atoms with van der Waals surface area (Å²) in [6.45, 7) is 2.76. The van der Waals surface area contributed by atoms with Crippen LogP contribution >= 0.6 is 0 Å². The number of benzene rings is 2. The Bertz CT molecular complexity index is 1060. The van der Waals surface area contributed by atoms with Gasteiger partial charge in [0, 0.05) is 17.3 Å². The molecule has 7 nitrogen and oxygen atoms in total. The summed E-state index contributed by atoms with van der Waals surface area (Å²) in [6, 6.07) is 11.8. The summed E-state index contributed by atoms with van der Waals surface area (Å²) in [5.41, 5.74) is 2.41. The number of ether oxygens (including phenoxy) is 1. The van der Waals surface area contributed by atoms with Gasteiger partial charge in [-0.1, -0.05) is 13.3 Å². The van der Waals surface area contributed by atoms with Crippen molar-refractivity contribution in [2.45, 2.75) is 25.8 Å². The van der Waals surface area contributed by atoms with E-state index in [1.165, 1.54) is 12.1 Å². The van der Waals surface area contributed by atoms with Crippen LogP contribution in [0.3, 0.4) is 0 Å². The van der Waals surface area contributed by atoms with Crippen molar-refractivity contribution in [2.75, 3.05) is 6.61 Å². The average Bonchev–Trinajstić information content (AvgIpc) is 3.32. The van der Waals surface area contributed by atoms with Crippen molar-refractivity contribution in [3.8, 4) is 22.7 Å². The molecule has 0 spiro atoms. The number of halogens is 1. The largest absolute Gasteiger partial charge is 0.494 e. The minimum absolute atomic E-state index is 0.370. The minimum Gasteiger partial charge on any atom is -0.494 e. The number of carbonyl (C=O) groups is 2. The lowest BCUT2D eigenvalue weighted by atomic mass is 10.0. The molecule has 0 bridgehead atoms. The van der Waals surface area contributed by atoms with E-state index >= 15 is 0 Å². The molecule has 4 rings (SSSR count). The molecule has 0 saturated carbocycles. The summed E-state index contributed by atoms with van der Waals surface area (Å²) in [5, 5.41) is 9.44. The van der Waals surface area contributed by atoms with Crippen LogP contribution in [0.15, 0.2) is 54.7 Å². The Labute approximate surface area is 172 Å². The minimum atomic E-state index is -0.872. The van der Waals surface area contributed by atoms with Crippen LogP contribution in [0.5, 0.6) is 5.75 Å². The monoisotopic (exact) mass is 408 g/mol. The van der Waals surface area contributed by atoms with Crippen molar-refractivity contribution >= 4 is 11.9 Å². The molecule has 0 aliphatic carbocycles. The van der Waals surface area contributed by atoms with Crippen molar-refractivity contribution in [3.63, 3.8) is 0 Å². The van der Waals surface area contributed by atoms with E-state index in [0.29, 0.717) is 23.4 Å². The first-order chi connectivity index (χ1) is 14.5. The first kappa shape index (κ1) is 19.6. The van der Waals surface area contributed by atoms with Gasteiger partial charge in [0.2, 0.25) is 0 Å². The van der Waals surface area contributed by atoms with Gasteiger partial charge in [-0.2, -0.15) is 5.10 Å². The fourth-order valence-corrected chi connectivity index (χ4v) is 3.23. The molecule has 0 radical (unpaired) electrons. The summed E-state index contributed by atoms with van der Waals surface area (Å²) in [4.78, 5) is 23.8. The van der Waals surface area contributed by atoms with Crippen LogP contribution in [0.2, 0.25) is 0 Å². The standard InChI is InChI=1S/C22H21FN4O3/c1-2-3-12-30-17-10-8-16(9-11-17)27-13-18(20-21(28)25-22(29)24-20)19(26-27)14-4-6-15(23)7-5-14/h4-11,13,20H,2-3,12H2,1H3,(H2,24,25,28,29). The number of unbranched alkanes of at least 4 members (excludes halogenated alkanes) is 1. The molecule has 2 aromatic carbocycles. The van der Waals surface area contributed by atoms with Crippen LogP contribution in [0.25, 0.3) is 16.9 Å². The smallest absolute Gasteiger partial charge is 0.322 e. The van der Waals surface area contributed by atoms with Crippen LogP contribution in [0, 0.1) is 5.82 Å². The third kappa shape index (κ3) is 4.03. The van der Waals surface area contributed by atoms with Gasteiger partial charge in [0.1, 0.15) is 17.6 Å². The van der Waals surface area contributed by atoms with Gasteiger partial charge in [0.05, 0.1) is 18.0 Å². The van der Waals surface area contributed by atoms with Crippen molar-refractivity contribution in [1.82, 2.24) is 20.4 Å². The third-order valence-corrected chi connectivity index (χ3v) is 4.81. The summed E-state index contributed by atoms with van der Waals surface area (Å²) >= 11 is 0. The predicted octanol–water partition coefficient (Wildman–Crippen LogP) is 3.74. The number of urea groups is 1. The summed E-state index contributed by atoms with van der Waals surface area (Å²) in [7, 11) is 0. The molecule has 154 valence electrons. The number of hydrogen-bond acceptors (Lipinski definition) is 4. The van der Waals surface area contributed by atoms with Gasteiger partial charge in [0.15, 0.2) is 0 Å². The highest BCUT2D eigenvalue weighted by Crippen LogP contribution is 2.30. The Morgan fingerprint density at radius 3 is 2.47 bits per heavy atom. The van der Waals surface area contributed by atoms with Gasteiger partial charge in [-0.25, -0.2) is 13.9 Å². The summed E-state index contributed by atoms with van der Waals surface area (Å²) in [6.07, 6.45) is 3.74. The zero-order valence-corrected chi connectivity index (χ0v) is 16.4. The molecule has 1 unspecified atom stereocenters. The van der Waals surface area contributed by atoms with Crippen LogP contribution in [0.4, 0.5) is 9.18 Å². The maximum atomic E-state index is 13.4. The zero-order chi connectivity index (χ0) is 21.1. The van der Waals surface area contributed by atoms with Crippen LogP contribution < -0.4 is 15.4 Å². The molecule has 2 heterocycles. The number of nitrogens with one attached hydrogen (secondary N) is 2. The molecule has 3 amide bonds. The molecule has 2 N–H and O–H groups in total. The Hall–Kier alpha value is -3.68. The van der Waals surface area contributed by atoms with E-state index < -0.39 is 18.0 Å². The summed E-state index contributed by atoms with van der Waals surface area (Å²) in [5.74, 6) is -0.0614. The fourth-order valence-electron chi connectivity index (χ4n) is 3.23. The van der Waals surface area contributed by atoms with Gasteiger partial charge in [0.25, 0.3) is 5.91 Å². The number of amides is 3. The molecule has 1 atom stereocenters. The van der Waals surface area contributed by atoms with E-state index in [4.69, 9.17) is 4.74 Å². The van der Waals surface area contributed by atoms with E-state index in [2.05, 4.69) is 22.7 Å². The van der Waals surface area contributed by atoms with Crippen LogP contribution in [-0.4, -0.2) is 28.3 Å². The second kappa shape index (κ2) is 8.36. The van der Waals surface area contributed by atoms with Crippen LogP contribution in [0.1, 0.15) is 31.4 Å². The molecule has 1 aliphatic rings. The Morgan fingerprint density at radius 2 is 1.83 bits per heavy atom. The molecule has 8 heteroatoms. The fraction of sp³-hybridized carbons (Fsp3) is 0.227. The SMILES string of the molecule is CCCCOc1ccc(-n2cc(C3NC(=O)NC3=O)c(-c3ccc(F)cc3)n2)cc1. The Balaban J connectivity index is 1.69. The Morgan fingerprint density at radius 1 is 1.10 bits per heavy atom. The average molecular weight is 408 g/mol. The topological polar surface area (TPSA) is 85.2 Å². The van der Waals surface area contributed by atoms with Gasteiger partial charge >= 0.3 is 6.03 Å².